The fourth-order valence-electron chi connectivity index (χ4n) is 3.72. The van der Waals surface area contributed by atoms with E-state index in [-0.39, 0.29) is 24.0 Å². The van der Waals surface area contributed by atoms with Crippen LogP contribution < -0.4 is 5.32 Å². The number of hydrogen-bond acceptors (Lipinski definition) is 3. The van der Waals surface area contributed by atoms with Gasteiger partial charge in [-0.1, -0.05) is 31.5 Å². The first-order chi connectivity index (χ1) is 12.5. The van der Waals surface area contributed by atoms with Crippen molar-refractivity contribution >= 4 is 29.9 Å². The van der Waals surface area contributed by atoms with Crippen LogP contribution in [0.2, 0.25) is 0 Å². The molecule has 6 heteroatoms. The van der Waals surface area contributed by atoms with Crippen LogP contribution in [0.5, 0.6) is 0 Å². The fraction of sp³-hybridized carbons (Fsp3) is 0.524. The minimum absolute atomic E-state index is 0. The summed E-state index contributed by atoms with van der Waals surface area (Å²) in [4.78, 5) is 11.4. The van der Waals surface area contributed by atoms with Gasteiger partial charge in [0.15, 0.2) is 5.96 Å². The van der Waals surface area contributed by atoms with Crippen LogP contribution >= 0.6 is 24.0 Å². The minimum atomic E-state index is 0. The van der Waals surface area contributed by atoms with Crippen molar-refractivity contribution in [3.63, 3.8) is 0 Å². The number of benzene rings is 1. The van der Waals surface area contributed by atoms with Crippen LogP contribution in [0.1, 0.15) is 31.5 Å². The molecule has 1 aliphatic heterocycles. The average Bonchev–Trinajstić information content (AvgIpc) is 3.07. The van der Waals surface area contributed by atoms with E-state index in [1.807, 2.05) is 19.2 Å². The van der Waals surface area contributed by atoms with Gasteiger partial charge in [-0.2, -0.15) is 0 Å². The zero-order chi connectivity index (χ0) is 18.5. The Kier molecular flexibility index (Phi) is 8.13. The van der Waals surface area contributed by atoms with Gasteiger partial charge in [-0.25, -0.2) is 4.98 Å². The highest BCUT2D eigenvalue weighted by molar-refractivity contribution is 14.0. The van der Waals surface area contributed by atoms with E-state index in [0.717, 1.165) is 43.3 Å². The van der Waals surface area contributed by atoms with Crippen molar-refractivity contribution in [1.82, 2.24) is 15.2 Å². The molecule has 2 heterocycles. The molecule has 1 fully saturated rings. The summed E-state index contributed by atoms with van der Waals surface area (Å²) in [5.41, 5.74) is 3.21. The lowest BCUT2D eigenvalue weighted by atomic mass is 9.92. The molecule has 27 heavy (non-hydrogen) atoms. The molecule has 5 nitrogen and oxygen atoms in total. The van der Waals surface area contributed by atoms with E-state index in [2.05, 4.69) is 53.1 Å². The highest BCUT2D eigenvalue weighted by atomic mass is 127. The van der Waals surface area contributed by atoms with Gasteiger partial charge in [-0.15, -0.1) is 24.0 Å². The van der Waals surface area contributed by atoms with E-state index >= 15 is 0 Å². The molecule has 0 radical (unpaired) electrons. The molecule has 0 bridgehead atoms. The van der Waals surface area contributed by atoms with E-state index in [1.54, 1.807) is 6.26 Å². The largest absolute Gasteiger partial charge is 0.444 e. The Morgan fingerprint density at radius 1 is 1.22 bits per heavy atom. The van der Waals surface area contributed by atoms with Gasteiger partial charge in [0.1, 0.15) is 6.26 Å². The second-order valence-corrected chi connectivity index (χ2v) is 7.59. The summed E-state index contributed by atoms with van der Waals surface area (Å²) in [6.45, 7) is 9.66. The molecule has 1 aromatic carbocycles. The minimum Gasteiger partial charge on any atom is -0.444 e. The number of aromatic nitrogens is 1. The standard InChI is InChI=1S/C21H30N4O.HI/c1-15-5-7-18(8-6-15)20-24-19(14-26-20)9-10-23-21(22-4)25-12-16(2)11-17(3)13-25;/h5-8,14,16-17H,9-13H2,1-4H3,(H,22,23);1H. The van der Waals surface area contributed by atoms with Crippen LogP contribution in [0, 0.1) is 18.8 Å². The van der Waals surface area contributed by atoms with Crippen LogP contribution in [0.3, 0.4) is 0 Å². The normalized spacial score (nSPS) is 20.3. The van der Waals surface area contributed by atoms with Gasteiger partial charge in [0.2, 0.25) is 5.89 Å². The first kappa shape index (κ1) is 21.7. The number of guanidine groups is 1. The molecule has 3 rings (SSSR count). The zero-order valence-electron chi connectivity index (χ0n) is 16.7. The van der Waals surface area contributed by atoms with Crippen LogP contribution in [0.15, 0.2) is 39.9 Å². The highest BCUT2D eigenvalue weighted by Crippen LogP contribution is 2.21. The molecule has 0 amide bonds. The molecular weight excluding hydrogens is 451 g/mol. The molecule has 1 N–H and O–H groups in total. The molecule has 1 saturated heterocycles. The summed E-state index contributed by atoms with van der Waals surface area (Å²) in [5.74, 6) is 3.10. The Morgan fingerprint density at radius 3 is 2.52 bits per heavy atom. The molecule has 1 aromatic heterocycles. The van der Waals surface area contributed by atoms with E-state index in [1.165, 1.54) is 12.0 Å². The van der Waals surface area contributed by atoms with Crippen LogP contribution in [0.4, 0.5) is 0 Å². The first-order valence-electron chi connectivity index (χ1n) is 9.52. The Bertz CT molecular complexity index is 731. The number of halogens is 1. The molecule has 1 aliphatic rings. The van der Waals surface area contributed by atoms with Crippen molar-refractivity contribution in [2.75, 3.05) is 26.7 Å². The van der Waals surface area contributed by atoms with Crippen molar-refractivity contribution in [2.45, 2.75) is 33.6 Å². The van der Waals surface area contributed by atoms with Crippen LogP contribution in [-0.4, -0.2) is 42.5 Å². The summed E-state index contributed by atoms with van der Waals surface area (Å²) < 4.78 is 5.64. The Hall–Kier alpha value is -1.57. The van der Waals surface area contributed by atoms with E-state index < -0.39 is 0 Å². The number of aliphatic imine (C=N–C) groups is 1. The maximum absolute atomic E-state index is 5.64. The molecule has 0 aliphatic carbocycles. The lowest BCUT2D eigenvalue weighted by Gasteiger charge is -2.37. The van der Waals surface area contributed by atoms with Gasteiger partial charge in [0.25, 0.3) is 0 Å². The van der Waals surface area contributed by atoms with Gasteiger partial charge in [0, 0.05) is 38.7 Å². The number of piperidine rings is 1. The van der Waals surface area contributed by atoms with Crippen molar-refractivity contribution in [2.24, 2.45) is 16.8 Å². The predicted molar refractivity (Wildman–Crippen MR) is 122 cm³/mol. The molecule has 0 saturated carbocycles. The predicted octanol–water partition coefficient (Wildman–Crippen LogP) is 4.36. The number of nitrogens with one attached hydrogen (secondary N) is 1. The van der Waals surface area contributed by atoms with Crippen molar-refractivity contribution in [1.29, 1.82) is 0 Å². The first-order valence-corrected chi connectivity index (χ1v) is 9.52. The second-order valence-electron chi connectivity index (χ2n) is 7.59. The number of rotatable bonds is 4. The molecule has 2 aromatic rings. The van der Waals surface area contributed by atoms with E-state index in [4.69, 9.17) is 4.42 Å². The van der Waals surface area contributed by atoms with Gasteiger partial charge < -0.3 is 14.6 Å². The topological polar surface area (TPSA) is 53.7 Å². The Labute approximate surface area is 179 Å². The van der Waals surface area contributed by atoms with Crippen LogP contribution in [0.25, 0.3) is 11.5 Å². The third-order valence-electron chi connectivity index (χ3n) is 4.89. The quantitative estimate of drug-likeness (QED) is 0.400. The van der Waals surface area contributed by atoms with Crippen LogP contribution in [-0.2, 0) is 6.42 Å². The lowest BCUT2D eigenvalue weighted by molar-refractivity contribution is 0.208. The monoisotopic (exact) mass is 482 g/mol. The highest BCUT2D eigenvalue weighted by Gasteiger charge is 2.23. The smallest absolute Gasteiger partial charge is 0.226 e. The molecule has 2 unspecified atom stereocenters. The number of oxazole rings is 1. The van der Waals surface area contributed by atoms with E-state index in [9.17, 15) is 0 Å². The molecule has 2 atom stereocenters. The van der Waals surface area contributed by atoms with Gasteiger partial charge in [-0.3, -0.25) is 4.99 Å². The summed E-state index contributed by atoms with van der Waals surface area (Å²) in [5, 5.41) is 3.48. The summed E-state index contributed by atoms with van der Waals surface area (Å²) >= 11 is 0. The molecule has 148 valence electrons. The lowest BCUT2D eigenvalue weighted by Crippen LogP contribution is -2.48. The fourth-order valence-corrected chi connectivity index (χ4v) is 3.72. The summed E-state index contributed by atoms with van der Waals surface area (Å²) in [6, 6.07) is 8.24. The number of aryl methyl sites for hydroxylation is 1. The van der Waals surface area contributed by atoms with Crippen molar-refractivity contribution in [3.8, 4) is 11.5 Å². The van der Waals surface area contributed by atoms with Gasteiger partial charge in [-0.05, 0) is 37.3 Å². The number of nitrogens with zero attached hydrogens (tertiary/aromatic N) is 3. The zero-order valence-corrected chi connectivity index (χ0v) is 19.1. The summed E-state index contributed by atoms with van der Waals surface area (Å²) in [6.07, 6.45) is 3.87. The molecular formula is C21H31IN4O. The number of hydrogen-bond donors (Lipinski definition) is 1. The maximum atomic E-state index is 5.64. The van der Waals surface area contributed by atoms with Gasteiger partial charge >= 0.3 is 0 Å². The third-order valence-corrected chi connectivity index (χ3v) is 4.89. The Morgan fingerprint density at radius 2 is 1.89 bits per heavy atom. The third kappa shape index (κ3) is 5.96. The average molecular weight is 482 g/mol. The van der Waals surface area contributed by atoms with E-state index in [0.29, 0.717) is 17.7 Å². The number of likely N-dealkylation sites (tertiary alicyclic amines) is 1. The Balaban J connectivity index is 0.00000261. The molecule has 0 spiro atoms. The summed E-state index contributed by atoms with van der Waals surface area (Å²) in [7, 11) is 1.86. The SMILES string of the molecule is CN=C(NCCc1coc(-c2ccc(C)cc2)n1)N1CC(C)CC(C)C1.I. The van der Waals surface area contributed by atoms with Crippen molar-refractivity contribution in [3.05, 3.63) is 41.8 Å². The maximum Gasteiger partial charge on any atom is 0.226 e. The van der Waals surface area contributed by atoms with Crippen molar-refractivity contribution < 1.29 is 4.42 Å². The van der Waals surface area contributed by atoms with Gasteiger partial charge in [0.05, 0.1) is 5.69 Å². The second kappa shape index (κ2) is 10.1.